The van der Waals surface area contributed by atoms with Crippen LogP contribution in [-0.4, -0.2) is 55.5 Å². The minimum atomic E-state index is 0.0597. The first-order valence-electron chi connectivity index (χ1n) is 6.91. The molecule has 1 aliphatic rings. The molecule has 1 aromatic rings. The molecular weight excluding hydrogens is 254 g/mol. The van der Waals surface area contributed by atoms with Gasteiger partial charge in [0.15, 0.2) is 0 Å². The molecule has 0 saturated heterocycles. The first-order valence-corrected chi connectivity index (χ1v) is 6.91. The van der Waals surface area contributed by atoms with E-state index in [0.717, 1.165) is 35.9 Å². The Kier molecular flexibility index (Phi) is 4.11. The maximum atomic E-state index is 11.8. The first-order chi connectivity index (χ1) is 9.43. The third-order valence-electron chi connectivity index (χ3n) is 3.55. The Morgan fingerprint density at radius 3 is 2.45 bits per heavy atom. The van der Waals surface area contributed by atoms with Crippen LogP contribution in [0.2, 0.25) is 0 Å². The fraction of sp³-hybridized carbons (Fsp3) is 0.643. The van der Waals surface area contributed by atoms with Crippen molar-refractivity contribution < 1.29 is 4.79 Å². The molecule has 1 amide bonds. The molecule has 1 N–H and O–H groups in total. The number of aromatic nitrogens is 2. The van der Waals surface area contributed by atoms with Crippen LogP contribution in [0, 0.1) is 6.92 Å². The summed E-state index contributed by atoms with van der Waals surface area (Å²) < 4.78 is 0. The number of hydrogen-bond acceptors (Lipinski definition) is 5. The van der Waals surface area contributed by atoms with Crippen molar-refractivity contribution in [2.75, 3.05) is 45.0 Å². The van der Waals surface area contributed by atoms with E-state index in [4.69, 9.17) is 0 Å². The van der Waals surface area contributed by atoms with Crippen molar-refractivity contribution in [1.29, 1.82) is 0 Å². The fourth-order valence-corrected chi connectivity index (χ4v) is 2.08. The topological polar surface area (TPSA) is 61.4 Å². The van der Waals surface area contributed by atoms with Gasteiger partial charge in [-0.25, -0.2) is 9.97 Å². The normalized spacial score (nSPS) is 14.1. The Bertz CT molecular complexity index is 511. The van der Waals surface area contributed by atoms with Gasteiger partial charge in [-0.2, -0.15) is 0 Å². The fourth-order valence-electron chi connectivity index (χ4n) is 2.08. The minimum Gasteiger partial charge on any atom is -0.373 e. The monoisotopic (exact) mass is 277 g/mol. The molecule has 0 radical (unpaired) electrons. The second-order valence-electron chi connectivity index (χ2n) is 5.55. The summed E-state index contributed by atoms with van der Waals surface area (Å²) in [4.78, 5) is 24.6. The molecule has 1 fully saturated rings. The number of anilines is 2. The van der Waals surface area contributed by atoms with Gasteiger partial charge in [-0.1, -0.05) is 0 Å². The molecule has 0 aliphatic heterocycles. The van der Waals surface area contributed by atoms with E-state index in [2.05, 4.69) is 15.3 Å². The summed E-state index contributed by atoms with van der Waals surface area (Å²) in [5.41, 5.74) is 0.978. The molecule has 20 heavy (non-hydrogen) atoms. The van der Waals surface area contributed by atoms with Crippen LogP contribution in [0.1, 0.15) is 30.1 Å². The highest BCUT2D eigenvalue weighted by Crippen LogP contribution is 2.39. The number of carbonyl (C=O) groups is 1. The Labute approximate surface area is 120 Å². The summed E-state index contributed by atoms with van der Waals surface area (Å²) in [5.74, 6) is 3.12. The van der Waals surface area contributed by atoms with Crippen LogP contribution in [-0.2, 0) is 4.79 Å². The molecule has 1 heterocycles. The summed E-state index contributed by atoms with van der Waals surface area (Å²) in [6.45, 7) is 2.30. The molecule has 6 nitrogen and oxygen atoms in total. The predicted octanol–water partition coefficient (Wildman–Crippen LogP) is 1.23. The van der Waals surface area contributed by atoms with E-state index in [1.165, 1.54) is 0 Å². The van der Waals surface area contributed by atoms with Crippen LogP contribution >= 0.6 is 0 Å². The summed E-state index contributed by atoms with van der Waals surface area (Å²) in [7, 11) is 7.28. The molecule has 2 rings (SSSR count). The van der Waals surface area contributed by atoms with Gasteiger partial charge in [0, 0.05) is 39.7 Å². The molecule has 1 aliphatic carbocycles. The van der Waals surface area contributed by atoms with Gasteiger partial charge in [0.1, 0.15) is 17.5 Å². The zero-order valence-corrected chi connectivity index (χ0v) is 12.9. The molecule has 110 valence electrons. The quantitative estimate of drug-likeness (QED) is 0.877. The van der Waals surface area contributed by atoms with E-state index >= 15 is 0 Å². The number of rotatable bonds is 5. The average molecular weight is 277 g/mol. The van der Waals surface area contributed by atoms with E-state index in [9.17, 15) is 4.79 Å². The van der Waals surface area contributed by atoms with Crippen molar-refractivity contribution >= 4 is 17.5 Å². The molecule has 0 aromatic carbocycles. The maximum absolute atomic E-state index is 11.8. The highest BCUT2D eigenvalue weighted by molar-refractivity contribution is 5.81. The first kappa shape index (κ1) is 14.6. The Morgan fingerprint density at radius 1 is 1.30 bits per heavy atom. The van der Waals surface area contributed by atoms with E-state index in [1.807, 2.05) is 25.9 Å². The molecule has 6 heteroatoms. The summed E-state index contributed by atoms with van der Waals surface area (Å²) in [6, 6.07) is 0. The second kappa shape index (κ2) is 5.64. The van der Waals surface area contributed by atoms with E-state index in [0.29, 0.717) is 12.5 Å². The standard InChI is InChI=1S/C14H23N5O/c1-9-12(15-2)16-13(10-6-7-10)17-14(9)19(5)8-11(20)18(3)4/h10H,6-8H2,1-5H3,(H,15,16,17). The lowest BCUT2D eigenvalue weighted by atomic mass is 10.2. The van der Waals surface area contributed by atoms with Crippen LogP contribution < -0.4 is 10.2 Å². The number of amides is 1. The summed E-state index contributed by atoms with van der Waals surface area (Å²) in [5, 5.41) is 3.12. The smallest absolute Gasteiger partial charge is 0.241 e. The zero-order chi connectivity index (χ0) is 14.9. The van der Waals surface area contributed by atoms with Gasteiger partial charge >= 0.3 is 0 Å². The predicted molar refractivity (Wildman–Crippen MR) is 80.3 cm³/mol. The van der Waals surface area contributed by atoms with Gasteiger partial charge in [0.25, 0.3) is 0 Å². The Balaban J connectivity index is 2.29. The van der Waals surface area contributed by atoms with Gasteiger partial charge in [0.05, 0.1) is 6.54 Å². The third kappa shape index (κ3) is 3.00. The van der Waals surface area contributed by atoms with Crippen molar-refractivity contribution in [3.8, 4) is 0 Å². The van der Waals surface area contributed by atoms with Crippen molar-refractivity contribution in [3.05, 3.63) is 11.4 Å². The molecule has 0 spiro atoms. The number of hydrogen-bond donors (Lipinski definition) is 1. The zero-order valence-electron chi connectivity index (χ0n) is 12.9. The molecule has 0 unspecified atom stereocenters. The summed E-state index contributed by atoms with van der Waals surface area (Å²) in [6.07, 6.45) is 2.32. The number of likely N-dealkylation sites (N-methyl/N-ethyl adjacent to an activating group) is 2. The minimum absolute atomic E-state index is 0.0597. The van der Waals surface area contributed by atoms with Gasteiger partial charge in [-0.3, -0.25) is 4.79 Å². The lowest BCUT2D eigenvalue weighted by molar-refractivity contribution is -0.127. The van der Waals surface area contributed by atoms with Crippen LogP contribution in [0.25, 0.3) is 0 Å². The van der Waals surface area contributed by atoms with Gasteiger partial charge in [0.2, 0.25) is 5.91 Å². The number of carbonyl (C=O) groups excluding carboxylic acids is 1. The van der Waals surface area contributed by atoms with Crippen LogP contribution in [0.5, 0.6) is 0 Å². The highest BCUT2D eigenvalue weighted by Gasteiger charge is 2.28. The van der Waals surface area contributed by atoms with Crippen LogP contribution in [0.15, 0.2) is 0 Å². The molecular formula is C14H23N5O. The SMILES string of the molecule is CNc1nc(C2CC2)nc(N(C)CC(=O)N(C)C)c1C. The van der Waals surface area contributed by atoms with Crippen LogP contribution in [0.4, 0.5) is 11.6 Å². The van der Waals surface area contributed by atoms with E-state index < -0.39 is 0 Å². The second-order valence-corrected chi connectivity index (χ2v) is 5.55. The molecule has 1 aromatic heterocycles. The van der Waals surface area contributed by atoms with Crippen molar-refractivity contribution in [3.63, 3.8) is 0 Å². The van der Waals surface area contributed by atoms with Gasteiger partial charge < -0.3 is 15.1 Å². The lowest BCUT2D eigenvalue weighted by Crippen LogP contribution is -2.35. The number of nitrogens with one attached hydrogen (secondary N) is 1. The largest absolute Gasteiger partial charge is 0.373 e. The number of nitrogens with zero attached hydrogens (tertiary/aromatic N) is 4. The molecule has 0 atom stereocenters. The van der Waals surface area contributed by atoms with Gasteiger partial charge in [-0.05, 0) is 19.8 Å². The van der Waals surface area contributed by atoms with E-state index in [1.54, 1.807) is 19.0 Å². The lowest BCUT2D eigenvalue weighted by Gasteiger charge is -2.23. The maximum Gasteiger partial charge on any atom is 0.241 e. The Hall–Kier alpha value is -1.85. The summed E-state index contributed by atoms with van der Waals surface area (Å²) >= 11 is 0. The third-order valence-corrected chi connectivity index (χ3v) is 3.55. The molecule has 1 saturated carbocycles. The van der Waals surface area contributed by atoms with E-state index in [-0.39, 0.29) is 5.91 Å². The average Bonchev–Trinajstić information content (AvgIpc) is 3.23. The highest BCUT2D eigenvalue weighted by atomic mass is 16.2. The van der Waals surface area contributed by atoms with Crippen LogP contribution in [0.3, 0.4) is 0 Å². The van der Waals surface area contributed by atoms with Crippen molar-refractivity contribution in [2.45, 2.75) is 25.7 Å². The van der Waals surface area contributed by atoms with Gasteiger partial charge in [-0.15, -0.1) is 0 Å². The van der Waals surface area contributed by atoms with Crippen molar-refractivity contribution in [2.24, 2.45) is 0 Å². The Morgan fingerprint density at radius 2 is 1.95 bits per heavy atom. The molecule has 0 bridgehead atoms. The van der Waals surface area contributed by atoms with Crippen molar-refractivity contribution in [1.82, 2.24) is 14.9 Å².